The van der Waals surface area contributed by atoms with Gasteiger partial charge in [-0.05, 0) is 39.5 Å². The molecule has 0 unspecified atom stereocenters. The van der Waals surface area contributed by atoms with Crippen LogP contribution >= 0.6 is 0 Å². The summed E-state index contributed by atoms with van der Waals surface area (Å²) in [7, 11) is 0. The smallest absolute Gasteiger partial charge is 0.0300 e. The van der Waals surface area contributed by atoms with E-state index in [9.17, 15) is 0 Å². The van der Waals surface area contributed by atoms with Crippen molar-refractivity contribution in [3.63, 3.8) is 0 Å². The molecule has 0 rings (SSSR count). The lowest BCUT2D eigenvalue weighted by atomic mass is 9.96. The van der Waals surface area contributed by atoms with Gasteiger partial charge in [0.15, 0.2) is 0 Å². The molecule has 0 fully saturated rings. The summed E-state index contributed by atoms with van der Waals surface area (Å²) in [6.07, 6.45) is 12.2. The summed E-state index contributed by atoms with van der Waals surface area (Å²) in [6.45, 7) is 11.6. The van der Waals surface area contributed by atoms with Gasteiger partial charge in [0.1, 0.15) is 0 Å². The van der Waals surface area contributed by atoms with Gasteiger partial charge in [-0.15, -0.1) is 6.58 Å². The number of hydrogen-bond donors (Lipinski definition) is 0. The molecular weight excluding hydrogens is 194 g/mol. The van der Waals surface area contributed by atoms with Gasteiger partial charge < -0.3 is 0 Å². The summed E-state index contributed by atoms with van der Waals surface area (Å²) in [4.78, 5) is 0. The van der Waals surface area contributed by atoms with E-state index in [1.54, 1.807) is 0 Å². The summed E-state index contributed by atoms with van der Waals surface area (Å²) < 4.78 is 0. The number of unbranched alkanes of at least 4 members (excludes halogenated alkanes) is 5. The molecule has 0 saturated carbocycles. The first-order chi connectivity index (χ1) is 7.62. The van der Waals surface area contributed by atoms with E-state index in [0.717, 1.165) is 6.54 Å². The first-order valence-corrected chi connectivity index (χ1v) is 6.92. The van der Waals surface area contributed by atoms with Crippen LogP contribution in [-0.4, -0.2) is 12.1 Å². The van der Waals surface area contributed by atoms with Crippen molar-refractivity contribution < 1.29 is 0 Å². The average molecular weight is 224 g/mol. The molecule has 0 aliphatic rings. The summed E-state index contributed by atoms with van der Waals surface area (Å²) in [5.74, 6) is 0. The minimum atomic E-state index is 0.202. The highest BCUT2D eigenvalue weighted by Crippen LogP contribution is 2.16. The Bertz CT molecular complexity index is 161. The monoisotopic (exact) mass is 224 g/mol. The summed E-state index contributed by atoms with van der Waals surface area (Å²) in [5, 5.41) is 4.76. The fraction of sp³-hybridized carbons (Fsp3) is 0.867. The Hall–Kier alpha value is -0.300. The maximum absolute atomic E-state index is 4.76. The van der Waals surface area contributed by atoms with Crippen LogP contribution in [0.1, 0.15) is 72.1 Å². The minimum absolute atomic E-state index is 0.202. The lowest BCUT2D eigenvalue weighted by Gasteiger charge is -2.24. The van der Waals surface area contributed by atoms with Crippen molar-refractivity contribution in [1.82, 2.24) is 5.32 Å². The molecule has 0 N–H and O–H groups in total. The van der Waals surface area contributed by atoms with E-state index < -0.39 is 0 Å². The standard InChI is InChI=1S/C15H30N/c1-5-7-9-10-11-12-13-15(3,4)16-14-8-6-2/h5H,1,6-14H2,2-4H3. The van der Waals surface area contributed by atoms with Gasteiger partial charge in [0.05, 0.1) is 0 Å². The lowest BCUT2D eigenvalue weighted by Crippen LogP contribution is -2.33. The van der Waals surface area contributed by atoms with Crippen LogP contribution in [0.25, 0.3) is 0 Å². The summed E-state index contributed by atoms with van der Waals surface area (Å²) in [6, 6.07) is 0. The molecular formula is C15H30N. The first kappa shape index (κ1) is 15.7. The van der Waals surface area contributed by atoms with Crippen molar-refractivity contribution in [3.05, 3.63) is 12.7 Å². The van der Waals surface area contributed by atoms with E-state index >= 15 is 0 Å². The molecule has 1 radical (unpaired) electrons. The normalized spacial score (nSPS) is 11.7. The lowest BCUT2D eigenvalue weighted by molar-refractivity contribution is 0.337. The van der Waals surface area contributed by atoms with E-state index in [-0.39, 0.29) is 5.54 Å². The van der Waals surface area contributed by atoms with Gasteiger partial charge in [-0.25, -0.2) is 5.32 Å². The SMILES string of the molecule is C=CCCCCCCC(C)(C)[N]CCCC. The van der Waals surface area contributed by atoms with Crippen LogP contribution < -0.4 is 5.32 Å². The predicted octanol–water partition coefficient (Wildman–Crippen LogP) is 4.70. The number of rotatable bonds is 11. The third-order valence-electron chi connectivity index (χ3n) is 3.00. The number of allylic oxidation sites excluding steroid dienone is 1. The molecule has 0 aliphatic heterocycles. The molecule has 0 aromatic carbocycles. The second kappa shape index (κ2) is 9.89. The fourth-order valence-corrected chi connectivity index (χ4v) is 1.82. The van der Waals surface area contributed by atoms with Crippen LogP contribution in [0.15, 0.2) is 12.7 Å². The third kappa shape index (κ3) is 10.2. The Balaban J connectivity index is 3.38. The van der Waals surface area contributed by atoms with Gasteiger partial charge in [-0.1, -0.05) is 38.7 Å². The zero-order valence-corrected chi connectivity index (χ0v) is 11.6. The van der Waals surface area contributed by atoms with E-state index in [0.29, 0.717) is 0 Å². The number of hydrogen-bond acceptors (Lipinski definition) is 0. The quantitative estimate of drug-likeness (QED) is 0.357. The minimum Gasteiger partial charge on any atom is -0.236 e. The van der Waals surface area contributed by atoms with E-state index in [2.05, 4.69) is 27.4 Å². The van der Waals surface area contributed by atoms with Crippen molar-refractivity contribution in [3.8, 4) is 0 Å². The largest absolute Gasteiger partial charge is 0.236 e. The molecule has 16 heavy (non-hydrogen) atoms. The van der Waals surface area contributed by atoms with Gasteiger partial charge in [0, 0.05) is 12.1 Å². The Morgan fingerprint density at radius 3 is 2.38 bits per heavy atom. The zero-order valence-electron chi connectivity index (χ0n) is 11.6. The highest BCUT2D eigenvalue weighted by Gasteiger charge is 2.16. The molecule has 0 amide bonds. The van der Waals surface area contributed by atoms with Crippen LogP contribution in [0.3, 0.4) is 0 Å². The highest BCUT2D eigenvalue weighted by atomic mass is 14.9. The third-order valence-corrected chi connectivity index (χ3v) is 3.00. The van der Waals surface area contributed by atoms with Gasteiger partial charge in [-0.3, -0.25) is 0 Å². The molecule has 0 aliphatic carbocycles. The number of nitrogens with zero attached hydrogens (tertiary/aromatic N) is 1. The summed E-state index contributed by atoms with van der Waals surface area (Å²) in [5.41, 5.74) is 0.202. The van der Waals surface area contributed by atoms with Crippen molar-refractivity contribution in [2.45, 2.75) is 77.7 Å². The van der Waals surface area contributed by atoms with Crippen LogP contribution in [0.5, 0.6) is 0 Å². The fourth-order valence-electron chi connectivity index (χ4n) is 1.82. The Labute approximate surface area is 103 Å². The van der Waals surface area contributed by atoms with Crippen LogP contribution in [0, 0.1) is 0 Å². The molecule has 95 valence electrons. The maximum atomic E-state index is 4.76. The van der Waals surface area contributed by atoms with E-state index in [1.807, 2.05) is 6.08 Å². The summed E-state index contributed by atoms with van der Waals surface area (Å²) >= 11 is 0. The van der Waals surface area contributed by atoms with Crippen LogP contribution in [0.4, 0.5) is 0 Å². The average Bonchev–Trinajstić information content (AvgIpc) is 2.23. The second-order valence-corrected chi connectivity index (χ2v) is 5.29. The van der Waals surface area contributed by atoms with Crippen molar-refractivity contribution >= 4 is 0 Å². The molecule has 0 bridgehead atoms. The molecule has 0 atom stereocenters. The van der Waals surface area contributed by atoms with Gasteiger partial charge >= 0.3 is 0 Å². The van der Waals surface area contributed by atoms with Crippen LogP contribution in [-0.2, 0) is 0 Å². The van der Waals surface area contributed by atoms with E-state index in [4.69, 9.17) is 5.32 Å². The first-order valence-electron chi connectivity index (χ1n) is 6.92. The maximum Gasteiger partial charge on any atom is 0.0300 e. The van der Waals surface area contributed by atoms with Crippen molar-refractivity contribution in [2.75, 3.05) is 6.54 Å². The Morgan fingerprint density at radius 1 is 1.06 bits per heavy atom. The zero-order chi connectivity index (χ0) is 12.3. The molecule has 1 heteroatoms. The molecule has 0 spiro atoms. The Kier molecular flexibility index (Phi) is 9.71. The molecule has 0 heterocycles. The molecule has 0 aromatic rings. The molecule has 0 saturated heterocycles. The molecule has 1 nitrogen and oxygen atoms in total. The van der Waals surface area contributed by atoms with Crippen molar-refractivity contribution in [2.24, 2.45) is 0 Å². The van der Waals surface area contributed by atoms with Gasteiger partial charge in [0.2, 0.25) is 0 Å². The van der Waals surface area contributed by atoms with E-state index in [1.165, 1.54) is 51.4 Å². The topological polar surface area (TPSA) is 14.1 Å². The second-order valence-electron chi connectivity index (χ2n) is 5.29. The molecule has 0 aromatic heterocycles. The van der Waals surface area contributed by atoms with Gasteiger partial charge in [0.25, 0.3) is 0 Å². The van der Waals surface area contributed by atoms with Crippen molar-refractivity contribution in [1.29, 1.82) is 0 Å². The highest BCUT2D eigenvalue weighted by molar-refractivity contribution is 4.76. The predicted molar refractivity (Wildman–Crippen MR) is 73.9 cm³/mol. The van der Waals surface area contributed by atoms with Gasteiger partial charge in [-0.2, -0.15) is 0 Å². The van der Waals surface area contributed by atoms with Crippen LogP contribution in [0.2, 0.25) is 0 Å². The Morgan fingerprint density at radius 2 is 1.75 bits per heavy atom.